The van der Waals surface area contributed by atoms with Crippen molar-refractivity contribution in [2.45, 2.75) is 30.7 Å². The van der Waals surface area contributed by atoms with Gasteiger partial charge in [-0.3, -0.25) is 4.79 Å². The first-order chi connectivity index (χ1) is 20.8. The number of aliphatic hydroxyl groups excluding tert-OH is 4. The van der Waals surface area contributed by atoms with Crippen molar-refractivity contribution in [3.8, 4) is 0 Å². The fraction of sp³-hybridized carbons (Fsp3) is 0.355. The van der Waals surface area contributed by atoms with Crippen molar-refractivity contribution in [1.82, 2.24) is 5.32 Å². The Balaban J connectivity index is 1.36. The number of methoxy groups -OCH3 is 1. The van der Waals surface area contributed by atoms with Crippen LogP contribution < -0.4 is 21.2 Å². The molecule has 1 amide bonds. The third-order valence-electron chi connectivity index (χ3n) is 6.83. The predicted octanol–water partition coefficient (Wildman–Crippen LogP) is -0.206. The summed E-state index contributed by atoms with van der Waals surface area (Å²) >= 11 is 0. The molecule has 230 valence electrons. The van der Waals surface area contributed by atoms with E-state index in [1.54, 1.807) is 18.2 Å². The Morgan fingerprint density at radius 3 is 2.12 bits per heavy atom. The third kappa shape index (κ3) is 8.23. The van der Waals surface area contributed by atoms with Crippen LogP contribution in [0.25, 0.3) is 0 Å². The number of hydrogen-bond donors (Lipinski definition) is 5. The van der Waals surface area contributed by atoms with Crippen LogP contribution >= 0.6 is 7.92 Å². The van der Waals surface area contributed by atoms with Gasteiger partial charge in [0.25, 0.3) is 5.91 Å². The molecular weight excluding hydrogens is 577 g/mol. The lowest BCUT2D eigenvalue weighted by atomic mass is 9.99. The average molecular weight is 614 g/mol. The lowest BCUT2D eigenvalue weighted by molar-refractivity contribution is -0.302. The van der Waals surface area contributed by atoms with Crippen LogP contribution in [0.5, 0.6) is 0 Å². The average Bonchev–Trinajstić information content (AvgIpc) is 3.04. The molecule has 0 saturated carbocycles. The molecule has 12 heteroatoms. The number of carbonyl (C=O) groups is 2. The van der Waals surface area contributed by atoms with Crippen molar-refractivity contribution in [2.24, 2.45) is 0 Å². The second-order valence-corrected chi connectivity index (χ2v) is 11.9. The monoisotopic (exact) mass is 613 g/mol. The third-order valence-corrected chi connectivity index (χ3v) is 9.31. The van der Waals surface area contributed by atoms with Crippen molar-refractivity contribution in [3.63, 3.8) is 0 Å². The van der Waals surface area contributed by atoms with Crippen LogP contribution in [-0.2, 0) is 18.9 Å². The van der Waals surface area contributed by atoms with Gasteiger partial charge in [-0.2, -0.15) is 0 Å². The zero-order valence-electron chi connectivity index (χ0n) is 23.6. The van der Waals surface area contributed by atoms with Gasteiger partial charge in [-0.25, -0.2) is 4.79 Å². The summed E-state index contributed by atoms with van der Waals surface area (Å²) in [5, 5.41) is 44.5. The van der Waals surface area contributed by atoms with Crippen molar-refractivity contribution in [3.05, 3.63) is 90.0 Å². The summed E-state index contributed by atoms with van der Waals surface area (Å²) in [6, 6.07) is 24.6. The highest BCUT2D eigenvalue weighted by Gasteiger charge is 2.43. The highest BCUT2D eigenvalue weighted by Crippen LogP contribution is 2.34. The number of esters is 1. The molecule has 3 aromatic rings. The maximum absolute atomic E-state index is 13.1. The van der Waals surface area contributed by atoms with Crippen LogP contribution in [0.2, 0.25) is 0 Å². The molecule has 0 unspecified atom stereocenters. The second-order valence-electron chi connectivity index (χ2n) is 9.67. The molecule has 1 heterocycles. The van der Waals surface area contributed by atoms with Gasteiger partial charge in [-0.1, -0.05) is 60.7 Å². The number of ether oxygens (including phenoxy) is 4. The van der Waals surface area contributed by atoms with Crippen LogP contribution in [-0.4, -0.2) is 103 Å². The fourth-order valence-corrected chi connectivity index (χ4v) is 7.06. The Kier molecular flexibility index (Phi) is 12.2. The smallest absolute Gasteiger partial charge is 0.338 e. The molecule has 0 radical (unpaired) electrons. The largest absolute Gasteiger partial charge is 0.465 e. The van der Waals surface area contributed by atoms with Crippen LogP contribution in [0.4, 0.5) is 0 Å². The Morgan fingerprint density at radius 1 is 0.860 bits per heavy atom. The minimum atomic E-state index is -1.52. The topological polar surface area (TPSA) is 164 Å². The number of rotatable bonds is 13. The van der Waals surface area contributed by atoms with Gasteiger partial charge in [0.2, 0.25) is 0 Å². The number of aliphatic hydroxyl groups is 4. The van der Waals surface area contributed by atoms with Gasteiger partial charge in [0, 0.05) is 17.4 Å². The van der Waals surface area contributed by atoms with Crippen LogP contribution in [0.15, 0.2) is 78.9 Å². The molecule has 43 heavy (non-hydrogen) atoms. The Labute approximate surface area is 250 Å². The lowest BCUT2D eigenvalue weighted by Crippen LogP contribution is -2.59. The summed E-state index contributed by atoms with van der Waals surface area (Å²) in [6.07, 6.45) is -6.77. The van der Waals surface area contributed by atoms with Crippen molar-refractivity contribution in [1.29, 1.82) is 0 Å². The maximum atomic E-state index is 13.1. The summed E-state index contributed by atoms with van der Waals surface area (Å²) in [5.41, 5.74) is 0.772. The van der Waals surface area contributed by atoms with Crippen molar-refractivity contribution in [2.75, 3.05) is 40.1 Å². The zero-order chi connectivity index (χ0) is 30.8. The van der Waals surface area contributed by atoms with Crippen LogP contribution in [0, 0.1) is 0 Å². The molecule has 4 rings (SSSR count). The Morgan fingerprint density at radius 2 is 1.51 bits per heavy atom. The number of carbonyl (C=O) groups excluding carboxylic acids is 2. The number of nitrogens with one attached hydrogen (secondary N) is 1. The highest BCUT2D eigenvalue weighted by molar-refractivity contribution is 7.80. The maximum Gasteiger partial charge on any atom is 0.338 e. The minimum Gasteiger partial charge on any atom is -0.465 e. The zero-order valence-corrected chi connectivity index (χ0v) is 24.5. The van der Waals surface area contributed by atoms with Gasteiger partial charge in [-0.05, 0) is 36.7 Å². The molecule has 11 nitrogen and oxygen atoms in total. The molecule has 0 aromatic heterocycles. The van der Waals surface area contributed by atoms with E-state index in [-0.39, 0.29) is 32.3 Å². The van der Waals surface area contributed by atoms with Crippen molar-refractivity contribution < 1.29 is 49.0 Å². The van der Waals surface area contributed by atoms with E-state index in [4.69, 9.17) is 18.9 Å². The van der Waals surface area contributed by atoms with E-state index >= 15 is 0 Å². The molecule has 1 aliphatic rings. The number of amides is 1. The summed E-state index contributed by atoms with van der Waals surface area (Å²) in [7, 11) is 0.150. The minimum absolute atomic E-state index is 0.00247. The molecule has 0 aliphatic carbocycles. The molecule has 1 saturated heterocycles. The first kappa shape index (κ1) is 32.7. The highest BCUT2D eigenvalue weighted by atomic mass is 31.1. The summed E-state index contributed by atoms with van der Waals surface area (Å²) in [6.45, 7) is -0.0936. The molecule has 0 spiro atoms. The van der Waals surface area contributed by atoms with E-state index in [0.717, 1.165) is 10.6 Å². The first-order valence-electron chi connectivity index (χ1n) is 13.8. The summed E-state index contributed by atoms with van der Waals surface area (Å²) < 4.78 is 21.2. The standard InChI is InChI=1S/C31H36NO10P/c1-39-30(38)23-13-12-20(18-25(23)43(21-8-4-2-5-9-21)22-10-6-3-7-11-22)29(37)32-14-15-40-16-17-41-31-28(36)27(35)26(34)24(19-33)42-31/h2-13,18,24,26-28,31,33-36H,14-17,19H2,1H3,(H,32,37)/t24-,26+,27+,28-,31-/m1/s1. The lowest BCUT2D eigenvalue weighted by Gasteiger charge is -2.39. The predicted molar refractivity (Wildman–Crippen MR) is 159 cm³/mol. The van der Waals surface area contributed by atoms with Gasteiger partial charge in [-0.15, -0.1) is 0 Å². The van der Waals surface area contributed by atoms with E-state index in [2.05, 4.69) is 5.32 Å². The van der Waals surface area contributed by atoms with Gasteiger partial charge < -0.3 is 44.7 Å². The molecule has 5 N–H and O–H groups in total. The summed E-state index contributed by atoms with van der Waals surface area (Å²) in [4.78, 5) is 25.8. The summed E-state index contributed by atoms with van der Waals surface area (Å²) in [5.74, 6) is -0.824. The van der Waals surface area contributed by atoms with Crippen LogP contribution in [0.1, 0.15) is 20.7 Å². The van der Waals surface area contributed by atoms with Gasteiger partial charge in [0.1, 0.15) is 24.4 Å². The SMILES string of the molecule is COC(=O)c1ccc(C(=O)NCCOCCO[C@@H]2O[C@H](CO)[C@H](O)[C@H](O)[C@H]2O)cc1P(c1ccccc1)c1ccccc1. The van der Waals surface area contributed by atoms with Crippen molar-refractivity contribution >= 4 is 35.7 Å². The van der Waals surface area contributed by atoms with Gasteiger partial charge in [0.15, 0.2) is 6.29 Å². The fourth-order valence-electron chi connectivity index (χ4n) is 4.59. The Bertz CT molecular complexity index is 1290. The first-order valence-corrected chi connectivity index (χ1v) is 15.1. The normalized spacial score (nSPS) is 21.9. The van der Waals surface area contributed by atoms with E-state index < -0.39 is 51.2 Å². The number of benzene rings is 3. The second kappa shape index (κ2) is 16.0. The van der Waals surface area contributed by atoms with E-state index in [1.807, 2.05) is 60.7 Å². The van der Waals surface area contributed by atoms with Crippen LogP contribution in [0.3, 0.4) is 0 Å². The van der Waals surface area contributed by atoms with Gasteiger partial charge >= 0.3 is 5.97 Å². The molecule has 1 aliphatic heterocycles. The van der Waals surface area contributed by atoms with E-state index in [1.165, 1.54) is 7.11 Å². The molecule has 5 atom stereocenters. The molecule has 1 fully saturated rings. The van der Waals surface area contributed by atoms with E-state index in [0.29, 0.717) is 16.4 Å². The number of hydrogen-bond acceptors (Lipinski definition) is 10. The van der Waals surface area contributed by atoms with Gasteiger partial charge in [0.05, 0.1) is 39.1 Å². The van der Waals surface area contributed by atoms with E-state index in [9.17, 15) is 30.0 Å². The molecule has 0 bridgehead atoms. The quantitative estimate of drug-likeness (QED) is 0.0991. The molecule has 3 aromatic carbocycles. The Hall–Kier alpha value is -3.25. The molecular formula is C31H36NO10P.